The van der Waals surface area contributed by atoms with Crippen LogP contribution in [0.4, 0.5) is 5.82 Å². The van der Waals surface area contributed by atoms with E-state index in [1.807, 2.05) is 34.6 Å². The Kier molecular flexibility index (Phi) is 3.83. The third-order valence-corrected chi connectivity index (χ3v) is 4.26. The van der Waals surface area contributed by atoms with E-state index in [1.54, 1.807) is 10.9 Å². The lowest BCUT2D eigenvalue weighted by Crippen LogP contribution is -2.20. The zero-order chi connectivity index (χ0) is 15.8. The number of hydrogen-bond acceptors (Lipinski definition) is 5. The van der Waals surface area contributed by atoms with Gasteiger partial charge in [0.25, 0.3) is 10.0 Å². The summed E-state index contributed by atoms with van der Waals surface area (Å²) >= 11 is 0. The van der Waals surface area contributed by atoms with E-state index in [9.17, 15) is 8.42 Å². The van der Waals surface area contributed by atoms with Crippen molar-refractivity contribution >= 4 is 15.8 Å². The SMILES string of the molecule is CC(C)n1cc(S(=O)(=O)Nc2ccon2)c(C(C)(C)C)n1. The van der Waals surface area contributed by atoms with Crippen molar-refractivity contribution in [1.29, 1.82) is 0 Å². The van der Waals surface area contributed by atoms with Gasteiger partial charge in [-0.05, 0) is 13.8 Å². The van der Waals surface area contributed by atoms with E-state index in [2.05, 4.69) is 19.5 Å². The van der Waals surface area contributed by atoms with Crippen LogP contribution in [0.25, 0.3) is 0 Å². The minimum atomic E-state index is -3.77. The minimum absolute atomic E-state index is 0.0714. The number of anilines is 1. The quantitative estimate of drug-likeness (QED) is 0.937. The van der Waals surface area contributed by atoms with Crippen LogP contribution >= 0.6 is 0 Å². The van der Waals surface area contributed by atoms with Gasteiger partial charge >= 0.3 is 0 Å². The molecule has 0 spiro atoms. The van der Waals surface area contributed by atoms with Crippen molar-refractivity contribution in [3.63, 3.8) is 0 Å². The number of nitrogens with one attached hydrogen (secondary N) is 1. The molecule has 0 aromatic carbocycles. The fraction of sp³-hybridized carbons (Fsp3) is 0.538. The lowest BCUT2D eigenvalue weighted by molar-refractivity contribution is 0.423. The van der Waals surface area contributed by atoms with E-state index in [-0.39, 0.29) is 16.8 Å². The maximum atomic E-state index is 12.6. The van der Waals surface area contributed by atoms with E-state index >= 15 is 0 Å². The number of sulfonamides is 1. The zero-order valence-electron chi connectivity index (χ0n) is 12.8. The average Bonchev–Trinajstić information content (AvgIpc) is 2.94. The summed E-state index contributed by atoms with van der Waals surface area (Å²) < 4.78 is 33.8. The Bertz CT molecular complexity index is 709. The molecule has 0 fully saturated rings. The maximum Gasteiger partial charge on any atom is 0.266 e. The summed E-state index contributed by atoms with van der Waals surface area (Å²) in [7, 11) is -3.77. The van der Waals surface area contributed by atoms with Crippen LogP contribution in [0.15, 0.2) is 27.9 Å². The Morgan fingerprint density at radius 3 is 2.48 bits per heavy atom. The summed E-state index contributed by atoms with van der Waals surface area (Å²) in [6, 6.07) is 1.52. The smallest absolute Gasteiger partial charge is 0.266 e. The largest absolute Gasteiger partial charge is 0.363 e. The predicted octanol–water partition coefficient (Wildman–Crippen LogP) is 2.55. The number of rotatable bonds is 4. The molecule has 0 saturated carbocycles. The molecule has 0 saturated heterocycles. The van der Waals surface area contributed by atoms with E-state index < -0.39 is 15.4 Å². The Balaban J connectivity index is 2.51. The molecule has 116 valence electrons. The van der Waals surface area contributed by atoms with Gasteiger partial charge in [-0.15, -0.1) is 0 Å². The van der Waals surface area contributed by atoms with Crippen molar-refractivity contribution < 1.29 is 12.9 Å². The second kappa shape index (κ2) is 5.18. The molecule has 2 rings (SSSR count). The first-order valence-corrected chi connectivity index (χ1v) is 8.12. The lowest BCUT2D eigenvalue weighted by atomic mass is 9.92. The van der Waals surface area contributed by atoms with Crippen LogP contribution in [-0.2, 0) is 15.4 Å². The Morgan fingerprint density at radius 1 is 1.33 bits per heavy atom. The van der Waals surface area contributed by atoms with Gasteiger partial charge in [-0.25, -0.2) is 8.42 Å². The van der Waals surface area contributed by atoms with Crippen molar-refractivity contribution in [2.24, 2.45) is 0 Å². The third-order valence-electron chi connectivity index (χ3n) is 2.90. The molecule has 2 aromatic heterocycles. The van der Waals surface area contributed by atoms with Crippen molar-refractivity contribution in [3.05, 3.63) is 24.2 Å². The lowest BCUT2D eigenvalue weighted by Gasteiger charge is -2.17. The molecular formula is C13H20N4O3S. The molecule has 0 atom stereocenters. The van der Waals surface area contributed by atoms with Gasteiger partial charge in [-0.1, -0.05) is 25.9 Å². The summed E-state index contributed by atoms with van der Waals surface area (Å²) in [6.45, 7) is 9.67. The van der Waals surface area contributed by atoms with Gasteiger partial charge in [-0.2, -0.15) is 5.10 Å². The zero-order valence-corrected chi connectivity index (χ0v) is 13.6. The number of nitrogens with zero attached hydrogens (tertiary/aromatic N) is 3. The van der Waals surface area contributed by atoms with Gasteiger partial charge in [0.05, 0.1) is 5.69 Å². The van der Waals surface area contributed by atoms with Crippen molar-refractivity contribution in [1.82, 2.24) is 14.9 Å². The van der Waals surface area contributed by atoms with Gasteiger partial charge in [0, 0.05) is 23.7 Å². The van der Waals surface area contributed by atoms with Crippen molar-refractivity contribution in [2.75, 3.05) is 4.72 Å². The van der Waals surface area contributed by atoms with Crippen LogP contribution in [0, 0.1) is 0 Å². The third kappa shape index (κ3) is 3.26. The summed E-state index contributed by atoms with van der Waals surface area (Å²) in [4.78, 5) is 0.159. The van der Waals surface area contributed by atoms with Crippen LogP contribution < -0.4 is 4.72 Å². The van der Waals surface area contributed by atoms with Crippen molar-refractivity contribution in [3.8, 4) is 0 Å². The van der Waals surface area contributed by atoms with Gasteiger partial charge in [0.1, 0.15) is 11.2 Å². The second-order valence-electron chi connectivity index (χ2n) is 6.16. The first kappa shape index (κ1) is 15.6. The van der Waals surface area contributed by atoms with Crippen LogP contribution in [0.1, 0.15) is 46.4 Å². The van der Waals surface area contributed by atoms with Crippen LogP contribution in [0.5, 0.6) is 0 Å². The molecule has 8 heteroatoms. The summed E-state index contributed by atoms with van der Waals surface area (Å²) in [5, 5.41) is 8.00. The maximum absolute atomic E-state index is 12.6. The highest BCUT2D eigenvalue weighted by Crippen LogP contribution is 2.29. The highest BCUT2D eigenvalue weighted by molar-refractivity contribution is 7.92. The molecule has 0 aliphatic heterocycles. The van der Waals surface area contributed by atoms with Crippen molar-refractivity contribution in [2.45, 2.75) is 51.0 Å². The fourth-order valence-electron chi connectivity index (χ4n) is 1.81. The summed E-state index contributed by atoms with van der Waals surface area (Å²) in [5.74, 6) is 0.146. The van der Waals surface area contributed by atoms with Gasteiger partial charge in [0.15, 0.2) is 5.82 Å². The van der Waals surface area contributed by atoms with E-state index in [1.165, 1.54) is 12.3 Å². The summed E-state index contributed by atoms with van der Waals surface area (Å²) in [6.07, 6.45) is 2.85. The molecule has 2 heterocycles. The average molecular weight is 312 g/mol. The molecular weight excluding hydrogens is 292 g/mol. The standard InChI is InChI=1S/C13H20N4O3S/c1-9(2)17-8-10(12(14-17)13(3,4)5)21(18,19)16-11-6-7-20-15-11/h6-9H,1-5H3,(H,15,16). The van der Waals surface area contributed by atoms with Gasteiger partial charge in [0.2, 0.25) is 0 Å². The Morgan fingerprint density at radius 2 is 2.00 bits per heavy atom. The molecule has 0 bridgehead atoms. The molecule has 0 amide bonds. The van der Waals surface area contributed by atoms with Crippen LogP contribution in [0.3, 0.4) is 0 Å². The number of hydrogen-bond donors (Lipinski definition) is 1. The predicted molar refractivity (Wildman–Crippen MR) is 78.6 cm³/mol. The molecule has 7 nitrogen and oxygen atoms in total. The summed E-state index contributed by atoms with van der Waals surface area (Å²) in [5.41, 5.74) is 0.126. The molecule has 0 radical (unpaired) electrons. The van der Waals surface area contributed by atoms with Crippen LogP contribution in [0.2, 0.25) is 0 Å². The first-order valence-electron chi connectivity index (χ1n) is 6.64. The molecule has 1 N–H and O–H groups in total. The van der Waals surface area contributed by atoms with Crippen LogP contribution in [-0.4, -0.2) is 23.4 Å². The molecule has 0 unspecified atom stereocenters. The molecule has 0 aliphatic rings. The molecule has 21 heavy (non-hydrogen) atoms. The number of aromatic nitrogens is 3. The fourth-order valence-corrected chi connectivity index (χ4v) is 3.15. The monoisotopic (exact) mass is 312 g/mol. The van der Waals surface area contributed by atoms with E-state index in [4.69, 9.17) is 0 Å². The second-order valence-corrected chi connectivity index (χ2v) is 7.81. The van der Waals surface area contributed by atoms with E-state index in [0.29, 0.717) is 5.69 Å². The van der Waals surface area contributed by atoms with E-state index in [0.717, 1.165) is 0 Å². The normalized spacial score (nSPS) is 12.9. The topological polar surface area (TPSA) is 90.0 Å². The van der Waals surface area contributed by atoms with Gasteiger partial charge < -0.3 is 4.52 Å². The highest BCUT2D eigenvalue weighted by atomic mass is 32.2. The molecule has 0 aliphatic carbocycles. The highest BCUT2D eigenvalue weighted by Gasteiger charge is 2.30. The first-order chi connectivity index (χ1) is 9.61. The molecule has 2 aromatic rings. The minimum Gasteiger partial charge on any atom is -0.363 e. The Hall–Kier alpha value is -1.83. The Labute approximate surface area is 124 Å². The van der Waals surface area contributed by atoms with Gasteiger partial charge in [-0.3, -0.25) is 9.40 Å².